The van der Waals surface area contributed by atoms with Crippen LogP contribution in [0.4, 0.5) is 0 Å². The summed E-state index contributed by atoms with van der Waals surface area (Å²) in [4.78, 5) is 17.3. The van der Waals surface area contributed by atoms with Gasteiger partial charge in [0.2, 0.25) is 12.0 Å². The highest BCUT2D eigenvalue weighted by Gasteiger charge is 2.33. The van der Waals surface area contributed by atoms with E-state index >= 15 is 0 Å². The molecule has 5 nitrogen and oxygen atoms in total. The van der Waals surface area contributed by atoms with Crippen LogP contribution in [-0.2, 0) is 9.53 Å². The molecule has 0 saturated heterocycles. The van der Waals surface area contributed by atoms with Crippen molar-refractivity contribution < 1.29 is 14.3 Å². The molecule has 1 aromatic heterocycles. The van der Waals surface area contributed by atoms with Crippen LogP contribution in [0.25, 0.3) is 0 Å². The van der Waals surface area contributed by atoms with E-state index < -0.39 is 18.0 Å². The Bertz CT molecular complexity index is 951. The molecule has 2 aromatic rings. The molecule has 0 spiro atoms. The summed E-state index contributed by atoms with van der Waals surface area (Å²) in [5.41, 5.74) is 0.267. The van der Waals surface area contributed by atoms with Crippen molar-refractivity contribution in [3.63, 3.8) is 0 Å². The molecule has 0 saturated carbocycles. The number of nitriles is 1. The van der Waals surface area contributed by atoms with Crippen LogP contribution in [0.15, 0.2) is 53.0 Å². The zero-order valence-corrected chi connectivity index (χ0v) is 19.7. The molecule has 8 heteroatoms. The molecule has 0 radical (unpaired) electrons. The predicted octanol–water partition coefficient (Wildman–Crippen LogP) is 7.25. The van der Waals surface area contributed by atoms with Gasteiger partial charge in [-0.05, 0) is 48.6 Å². The van der Waals surface area contributed by atoms with Crippen molar-refractivity contribution in [2.24, 2.45) is 17.8 Å². The molecule has 0 aliphatic heterocycles. The van der Waals surface area contributed by atoms with E-state index in [9.17, 15) is 10.1 Å². The molecule has 31 heavy (non-hydrogen) atoms. The lowest BCUT2D eigenvalue weighted by molar-refractivity contribution is -0.155. The molecule has 0 aliphatic carbocycles. The highest BCUT2D eigenvalue weighted by molar-refractivity contribution is 6.55. The number of ether oxygens (including phenoxy) is 2. The van der Waals surface area contributed by atoms with Crippen LogP contribution in [0.3, 0.4) is 0 Å². The van der Waals surface area contributed by atoms with Crippen molar-refractivity contribution in [1.29, 1.82) is 5.26 Å². The van der Waals surface area contributed by atoms with E-state index in [-0.39, 0.29) is 27.9 Å². The van der Waals surface area contributed by atoms with Crippen LogP contribution in [0.5, 0.6) is 11.6 Å². The van der Waals surface area contributed by atoms with Crippen molar-refractivity contribution in [2.45, 2.75) is 33.3 Å². The number of hydrogen-bond donors (Lipinski definition) is 0. The molecule has 2 rings (SSSR count). The Hall–Kier alpha value is -2.26. The minimum absolute atomic E-state index is 0.0479. The fourth-order valence-electron chi connectivity index (χ4n) is 3.18. The number of halogens is 3. The van der Waals surface area contributed by atoms with Gasteiger partial charge in [0.25, 0.3) is 0 Å². The first kappa shape index (κ1) is 25.0. The fourth-order valence-corrected chi connectivity index (χ4v) is 3.63. The van der Waals surface area contributed by atoms with Gasteiger partial charge in [-0.15, -0.1) is 0 Å². The first-order chi connectivity index (χ1) is 14.7. The monoisotopic (exact) mass is 480 g/mol. The second-order valence-corrected chi connectivity index (χ2v) is 8.65. The van der Waals surface area contributed by atoms with Gasteiger partial charge in [-0.2, -0.15) is 5.26 Å². The maximum absolute atomic E-state index is 13.0. The average molecular weight is 482 g/mol. The number of benzene rings is 1. The van der Waals surface area contributed by atoms with Gasteiger partial charge in [0.1, 0.15) is 16.3 Å². The zero-order valence-electron chi connectivity index (χ0n) is 17.4. The van der Waals surface area contributed by atoms with Crippen molar-refractivity contribution >= 4 is 40.8 Å². The van der Waals surface area contributed by atoms with Crippen LogP contribution >= 0.6 is 34.8 Å². The summed E-state index contributed by atoms with van der Waals surface area (Å²) in [5.74, 6) is -0.487. The Kier molecular flexibility index (Phi) is 9.64. The lowest BCUT2D eigenvalue weighted by Gasteiger charge is -2.26. The first-order valence-corrected chi connectivity index (χ1v) is 10.9. The molecule has 164 valence electrons. The summed E-state index contributed by atoms with van der Waals surface area (Å²) in [7, 11) is 0. The number of carbonyl (C=O) groups is 1. The SMILES string of the molecule is CCC(C=C(Cl)Cl)C(C(=O)OC(C#N)c1cccc(Oc2ccc(Cl)cc2)n1)C(C)C. The number of allylic oxidation sites excluding steroid dienone is 1. The summed E-state index contributed by atoms with van der Waals surface area (Å²) >= 11 is 17.5. The van der Waals surface area contributed by atoms with Gasteiger partial charge in [-0.1, -0.05) is 67.7 Å². The topological polar surface area (TPSA) is 72.2 Å². The Labute approximate surface area is 197 Å². The van der Waals surface area contributed by atoms with Crippen LogP contribution in [0, 0.1) is 29.1 Å². The van der Waals surface area contributed by atoms with E-state index in [2.05, 4.69) is 4.98 Å². The number of pyridine rings is 1. The van der Waals surface area contributed by atoms with Crippen molar-refractivity contribution in [3.8, 4) is 17.7 Å². The normalized spacial score (nSPS) is 13.6. The van der Waals surface area contributed by atoms with E-state index in [1.807, 2.05) is 26.8 Å². The maximum atomic E-state index is 13.0. The van der Waals surface area contributed by atoms with Crippen molar-refractivity contribution in [3.05, 3.63) is 63.7 Å². The van der Waals surface area contributed by atoms with Gasteiger partial charge in [-0.3, -0.25) is 4.79 Å². The average Bonchev–Trinajstić information content (AvgIpc) is 2.72. The first-order valence-electron chi connectivity index (χ1n) is 9.78. The van der Waals surface area contributed by atoms with Crippen LogP contribution in [0.1, 0.15) is 39.0 Å². The van der Waals surface area contributed by atoms with Gasteiger partial charge in [0.15, 0.2) is 0 Å². The summed E-state index contributed by atoms with van der Waals surface area (Å²) in [6.07, 6.45) is 1.09. The van der Waals surface area contributed by atoms with E-state index in [0.717, 1.165) is 0 Å². The molecule has 3 unspecified atom stereocenters. The molecule has 3 atom stereocenters. The van der Waals surface area contributed by atoms with Crippen molar-refractivity contribution in [1.82, 2.24) is 4.98 Å². The number of nitrogens with zero attached hydrogens (tertiary/aromatic N) is 2. The van der Waals surface area contributed by atoms with Crippen molar-refractivity contribution in [2.75, 3.05) is 0 Å². The molecule has 0 fully saturated rings. The minimum Gasteiger partial charge on any atom is -0.440 e. The van der Waals surface area contributed by atoms with Gasteiger partial charge in [0.05, 0.1) is 11.6 Å². The lowest BCUT2D eigenvalue weighted by atomic mass is 9.82. The van der Waals surface area contributed by atoms with E-state index in [0.29, 0.717) is 17.2 Å². The Morgan fingerprint density at radius 3 is 2.42 bits per heavy atom. The number of hydrogen-bond acceptors (Lipinski definition) is 5. The quantitative estimate of drug-likeness (QED) is 0.353. The number of carbonyl (C=O) groups excluding carboxylic acids is 1. The standard InChI is InChI=1S/C23H23Cl3N2O3/c1-4-15(12-20(25)26)22(14(2)3)23(29)31-19(13-27)18-6-5-7-21(28-18)30-17-10-8-16(24)9-11-17/h5-12,14-15,19,22H,4H2,1-3H3. The van der Waals surface area contributed by atoms with Gasteiger partial charge >= 0.3 is 5.97 Å². The van der Waals surface area contributed by atoms with Gasteiger partial charge in [-0.25, -0.2) is 4.98 Å². The third-order valence-corrected chi connectivity index (χ3v) is 5.17. The number of rotatable bonds is 9. The molecular formula is C23H23Cl3N2O3. The third-order valence-electron chi connectivity index (χ3n) is 4.66. The van der Waals surface area contributed by atoms with Gasteiger partial charge in [0, 0.05) is 11.1 Å². The number of esters is 1. The predicted molar refractivity (Wildman–Crippen MR) is 122 cm³/mol. The summed E-state index contributed by atoms with van der Waals surface area (Å²) in [5, 5.41) is 10.2. The largest absolute Gasteiger partial charge is 0.440 e. The molecule has 0 aliphatic rings. The zero-order chi connectivity index (χ0) is 23.0. The molecule has 0 bridgehead atoms. The van der Waals surface area contributed by atoms with Gasteiger partial charge < -0.3 is 9.47 Å². The maximum Gasteiger partial charge on any atom is 0.311 e. The van der Waals surface area contributed by atoms with E-state index in [4.69, 9.17) is 44.3 Å². The summed E-state index contributed by atoms with van der Waals surface area (Å²) in [6, 6.07) is 13.7. The molecular weight excluding hydrogens is 459 g/mol. The molecule has 1 heterocycles. The highest BCUT2D eigenvalue weighted by Crippen LogP contribution is 2.31. The fraction of sp³-hybridized carbons (Fsp3) is 0.348. The Morgan fingerprint density at radius 2 is 1.87 bits per heavy atom. The Balaban J connectivity index is 2.21. The molecule has 1 aromatic carbocycles. The second kappa shape index (κ2) is 12.0. The van der Waals surface area contributed by atoms with Crippen LogP contribution in [0.2, 0.25) is 5.02 Å². The third kappa shape index (κ3) is 7.43. The van der Waals surface area contributed by atoms with Crippen LogP contribution in [-0.4, -0.2) is 11.0 Å². The minimum atomic E-state index is -1.18. The second-order valence-electron chi connectivity index (χ2n) is 7.20. The lowest BCUT2D eigenvalue weighted by Crippen LogP contribution is -2.30. The van der Waals surface area contributed by atoms with E-state index in [1.165, 1.54) is 0 Å². The summed E-state index contributed by atoms with van der Waals surface area (Å²) < 4.78 is 11.3. The smallest absolute Gasteiger partial charge is 0.311 e. The van der Waals surface area contributed by atoms with Crippen LogP contribution < -0.4 is 4.74 Å². The molecule has 0 amide bonds. The Morgan fingerprint density at radius 1 is 1.19 bits per heavy atom. The number of aromatic nitrogens is 1. The molecule has 0 N–H and O–H groups in total. The summed E-state index contributed by atoms with van der Waals surface area (Å²) in [6.45, 7) is 5.75. The highest BCUT2D eigenvalue weighted by atomic mass is 35.5. The van der Waals surface area contributed by atoms with E-state index in [1.54, 1.807) is 48.5 Å².